The zero-order chi connectivity index (χ0) is 19.6. The Morgan fingerprint density at radius 1 is 0.963 bits per heavy atom. The summed E-state index contributed by atoms with van der Waals surface area (Å²) in [6.45, 7) is 0. The van der Waals surface area contributed by atoms with E-state index in [1.165, 1.54) is 0 Å². The zero-order valence-corrected chi connectivity index (χ0v) is 16.5. The van der Waals surface area contributed by atoms with E-state index in [2.05, 4.69) is 5.10 Å². The van der Waals surface area contributed by atoms with Gasteiger partial charge < -0.3 is 14.2 Å². The molecule has 0 unspecified atom stereocenters. The molecule has 0 saturated heterocycles. The fraction of sp³-hybridized carbons (Fsp3) is 0.316. The Bertz CT molecular complexity index is 950. The van der Waals surface area contributed by atoms with Crippen molar-refractivity contribution in [3.63, 3.8) is 0 Å². The molecule has 1 heterocycles. The maximum atomic E-state index is 12.4. The summed E-state index contributed by atoms with van der Waals surface area (Å²) in [6.07, 6.45) is 1.58. The molecule has 1 aliphatic heterocycles. The molecule has 3 rings (SSSR count). The Balaban J connectivity index is 2.04. The van der Waals surface area contributed by atoms with Crippen LogP contribution in [-0.2, 0) is 10.0 Å². The van der Waals surface area contributed by atoms with Crippen LogP contribution in [0.5, 0.6) is 17.2 Å². The zero-order valence-electron chi connectivity index (χ0n) is 15.7. The summed E-state index contributed by atoms with van der Waals surface area (Å²) < 4.78 is 41.8. The average Bonchev–Trinajstić information content (AvgIpc) is 3.13. The minimum Gasteiger partial charge on any atom is -0.497 e. The van der Waals surface area contributed by atoms with E-state index in [0.29, 0.717) is 29.4 Å². The van der Waals surface area contributed by atoms with Crippen molar-refractivity contribution in [3.05, 3.63) is 53.6 Å². The minimum absolute atomic E-state index is 0.427. The third-order valence-corrected chi connectivity index (χ3v) is 5.39. The van der Waals surface area contributed by atoms with Gasteiger partial charge in [0.2, 0.25) is 10.0 Å². The van der Waals surface area contributed by atoms with Gasteiger partial charge in [-0.3, -0.25) is 0 Å². The van der Waals surface area contributed by atoms with E-state index in [1.54, 1.807) is 39.5 Å². The van der Waals surface area contributed by atoms with E-state index in [-0.39, 0.29) is 0 Å². The first-order valence-corrected chi connectivity index (χ1v) is 10.1. The Morgan fingerprint density at radius 2 is 1.59 bits per heavy atom. The predicted octanol–water partition coefficient (Wildman–Crippen LogP) is 2.82. The van der Waals surface area contributed by atoms with E-state index in [1.807, 2.05) is 24.3 Å². The van der Waals surface area contributed by atoms with Gasteiger partial charge in [0.05, 0.1) is 39.3 Å². The van der Waals surface area contributed by atoms with Gasteiger partial charge in [-0.05, 0) is 29.8 Å². The Hall–Kier alpha value is -2.74. The van der Waals surface area contributed by atoms with Crippen LogP contribution in [0.25, 0.3) is 0 Å². The van der Waals surface area contributed by atoms with Crippen LogP contribution in [0.15, 0.2) is 47.6 Å². The molecule has 2 aromatic rings. The van der Waals surface area contributed by atoms with Crippen molar-refractivity contribution < 1.29 is 22.6 Å². The highest BCUT2D eigenvalue weighted by molar-refractivity contribution is 7.88. The first-order valence-electron chi connectivity index (χ1n) is 8.30. The molecule has 27 heavy (non-hydrogen) atoms. The van der Waals surface area contributed by atoms with Crippen molar-refractivity contribution in [2.24, 2.45) is 5.10 Å². The highest BCUT2D eigenvalue weighted by atomic mass is 32.2. The van der Waals surface area contributed by atoms with Crippen molar-refractivity contribution in [1.29, 1.82) is 0 Å². The number of sulfonamides is 1. The molecule has 0 amide bonds. The summed E-state index contributed by atoms with van der Waals surface area (Å²) in [7, 11) is 1.13. The fourth-order valence-corrected chi connectivity index (χ4v) is 3.95. The molecule has 8 heteroatoms. The van der Waals surface area contributed by atoms with Crippen molar-refractivity contribution >= 4 is 15.7 Å². The lowest BCUT2D eigenvalue weighted by atomic mass is 9.98. The van der Waals surface area contributed by atoms with Gasteiger partial charge in [0, 0.05) is 18.1 Å². The van der Waals surface area contributed by atoms with E-state index < -0.39 is 16.1 Å². The molecule has 1 atom stereocenters. The summed E-state index contributed by atoms with van der Waals surface area (Å²) in [5.41, 5.74) is 2.24. The lowest BCUT2D eigenvalue weighted by molar-refractivity contribution is 0.364. The second-order valence-electron chi connectivity index (χ2n) is 6.18. The highest BCUT2D eigenvalue weighted by Crippen LogP contribution is 2.38. The Labute approximate surface area is 159 Å². The second kappa shape index (κ2) is 7.48. The summed E-state index contributed by atoms with van der Waals surface area (Å²) in [4.78, 5) is 0. The van der Waals surface area contributed by atoms with Crippen molar-refractivity contribution in [1.82, 2.24) is 4.41 Å². The van der Waals surface area contributed by atoms with Gasteiger partial charge in [-0.25, -0.2) is 8.42 Å². The third kappa shape index (κ3) is 4.00. The first kappa shape index (κ1) is 19.0. The van der Waals surface area contributed by atoms with Crippen LogP contribution < -0.4 is 14.2 Å². The lowest BCUT2D eigenvalue weighted by Gasteiger charge is -2.22. The molecule has 0 fully saturated rings. The van der Waals surface area contributed by atoms with Crippen molar-refractivity contribution in [2.75, 3.05) is 27.6 Å². The van der Waals surface area contributed by atoms with Crippen LogP contribution in [0.4, 0.5) is 0 Å². The molecule has 2 aromatic carbocycles. The van der Waals surface area contributed by atoms with E-state index >= 15 is 0 Å². The van der Waals surface area contributed by atoms with Crippen LogP contribution >= 0.6 is 0 Å². The van der Waals surface area contributed by atoms with Gasteiger partial charge in [0.25, 0.3) is 0 Å². The van der Waals surface area contributed by atoms with Gasteiger partial charge in [-0.2, -0.15) is 9.52 Å². The largest absolute Gasteiger partial charge is 0.497 e. The Morgan fingerprint density at radius 3 is 2.15 bits per heavy atom. The smallest absolute Gasteiger partial charge is 0.247 e. The van der Waals surface area contributed by atoms with Crippen molar-refractivity contribution in [2.45, 2.75) is 12.5 Å². The highest BCUT2D eigenvalue weighted by Gasteiger charge is 2.35. The number of rotatable bonds is 6. The number of hydrogen-bond acceptors (Lipinski definition) is 6. The number of ether oxygens (including phenoxy) is 3. The SMILES string of the molecule is COc1cccc(C2=NN(S(C)(=O)=O)[C@H](c3cc(OC)cc(OC)c3)C2)c1. The van der Waals surface area contributed by atoms with Gasteiger partial charge >= 0.3 is 0 Å². The topological polar surface area (TPSA) is 77.4 Å². The Kier molecular flexibility index (Phi) is 5.27. The van der Waals surface area contributed by atoms with E-state index in [9.17, 15) is 8.42 Å². The summed E-state index contributed by atoms with van der Waals surface area (Å²) in [5, 5.41) is 4.40. The van der Waals surface area contributed by atoms with E-state index in [4.69, 9.17) is 14.2 Å². The molecule has 144 valence electrons. The standard InChI is InChI=1S/C19H22N2O5S/c1-24-15-7-5-6-13(8-15)18-12-19(21(20-18)27(4,22)23)14-9-16(25-2)11-17(10-14)26-3/h5-11,19H,12H2,1-4H3/t19-/m0/s1. The van der Waals surface area contributed by atoms with Gasteiger partial charge in [-0.15, -0.1) is 0 Å². The van der Waals surface area contributed by atoms with Crippen molar-refractivity contribution in [3.8, 4) is 17.2 Å². The monoisotopic (exact) mass is 390 g/mol. The van der Waals surface area contributed by atoms with Gasteiger partial charge in [0.15, 0.2) is 0 Å². The second-order valence-corrected chi connectivity index (χ2v) is 8.02. The molecular formula is C19H22N2O5S. The maximum absolute atomic E-state index is 12.4. The number of hydrogen-bond donors (Lipinski definition) is 0. The number of nitrogens with zero attached hydrogens (tertiary/aromatic N) is 2. The van der Waals surface area contributed by atoms with Crippen LogP contribution in [0, 0.1) is 0 Å². The molecule has 0 N–H and O–H groups in total. The number of benzene rings is 2. The molecule has 0 aliphatic carbocycles. The van der Waals surface area contributed by atoms with Crippen LogP contribution in [-0.4, -0.2) is 46.1 Å². The summed E-state index contributed by atoms with van der Waals surface area (Å²) >= 11 is 0. The number of hydrazone groups is 1. The van der Waals surface area contributed by atoms with Gasteiger partial charge in [0.1, 0.15) is 17.2 Å². The maximum Gasteiger partial charge on any atom is 0.247 e. The molecule has 0 bridgehead atoms. The fourth-order valence-electron chi connectivity index (χ4n) is 3.04. The first-order chi connectivity index (χ1) is 12.9. The average molecular weight is 390 g/mol. The molecule has 1 aliphatic rings. The summed E-state index contributed by atoms with van der Waals surface area (Å²) in [6, 6.07) is 12.3. The van der Waals surface area contributed by atoms with Crippen LogP contribution in [0.3, 0.4) is 0 Å². The molecule has 0 aromatic heterocycles. The van der Waals surface area contributed by atoms with E-state index in [0.717, 1.165) is 21.8 Å². The molecule has 0 radical (unpaired) electrons. The number of methoxy groups -OCH3 is 3. The quantitative estimate of drug-likeness (QED) is 0.758. The molecular weight excluding hydrogens is 368 g/mol. The predicted molar refractivity (Wildman–Crippen MR) is 103 cm³/mol. The molecule has 0 spiro atoms. The minimum atomic E-state index is -3.56. The molecule has 7 nitrogen and oxygen atoms in total. The molecule has 0 saturated carbocycles. The van der Waals surface area contributed by atoms with Crippen LogP contribution in [0.2, 0.25) is 0 Å². The lowest BCUT2D eigenvalue weighted by Crippen LogP contribution is -2.26. The normalized spacial score (nSPS) is 16.8. The third-order valence-electron chi connectivity index (χ3n) is 4.37. The van der Waals surface area contributed by atoms with Gasteiger partial charge in [-0.1, -0.05) is 12.1 Å². The van der Waals surface area contributed by atoms with Crippen LogP contribution in [0.1, 0.15) is 23.6 Å². The summed E-state index contributed by atoms with van der Waals surface area (Å²) in [5.74, 6) is 1.87.